The average Bonchev–Trinajstić information content (AvgIpc) is 2.73. The molecule has 160 valence electrons. The van der Waals surface area contributed by atoms with E-state index in [1.54, 1.807) is 0 Å². The average molecular weight is 425 g/mol. The molecule has 0 bridgehead atoms. The van der Waals surface area contributed by atoms with Crippen LogP contribution in [0.25, 0.3) is 0 Å². The molecule has 7 nitrogen and oxygen atoms in total. The predicted octanol–water partition coefficient (Wildman–Crippen LogP) is -2.11. The maximum atomic E-state index is 12.3. The number of aromatic nitrogens is 1. The third kappa shape index (κ3) is 7.04. The van der Waals surface area contributed by atoms with Crippen LogP contribution in [-0.2, 0) is 22.3 Å². The van der Waals surface area contributed by atoms with Crippen LogP contribution in [0, 0.1) is 6.92 Å². The highest BCUT2D eigenvalue weighted by Gasteiger charge is 2.16. The quantitative estimate of drug-likeness (QED) is 0.480. The molecule has 1 atom stereocenters. The zero-order valence-corrected chi connectivity index (χ0v) is 17.5. The minimum Gasteiger partial charge on any atom is -1.00 e. The molecule has 0 amide bonds. The summed E-state index contributed by atoms with van der Waals surface area (Å²) >= 11 is 0. The van der Waals surface area contributed by atoms with Crippen LogP contribution in [0.5, 0.6) is 11.6 Å². The van der Waals surface area contributed by atoms with E-state index in [4.69, 9.17) is 18.9 Å². The van der Waals surface area contributed by atoms with Crippen molar-refractivity contribution in [3.63, 3.8) is 0 Å². The molecule has 4 N–H and O–H groups in total. The Kier molecular flexibility index (Phi) is 9.47. The van der Waals surface area contributed by atoms with Gasteiger partial charge in [0.1, 0.15) is 31.6 Å². The van der Waals surface area contributed by atoms with E-state index in [0.717, 1.165) is 36.4 Å². The first-order valence-corrected chi connectivity index (χ1v) is 9.71. The van der Waals surface area contributed by atoms with Gasteiger partial charge < -0.3 is 42.1 Å². The van der Waals surface area contributed by atoms with E-state index in [1.165, 1.54) is 11.6 Å². The maximum Gasteiger partial charge on any atom is 0.194 e. The molecule has 0 spiro atoms. The lowest BCUT2D eigenvalue weighted by molar-refractivity contribution is -0.370. The Morgan fingerprint density at radius 3 is 2.66 bits per heavy atom. The Morgan fingerprint density at radius 2 is 1.97 bits per heavy atom. The molecule has 1 saturated heterocycles. The topological polar surface area (TPSA) is 97.4 Å². The molecule has 1 unspecified atom stereocenters. The smallest absolute Gasteiger partial charge is 0.194 e. The number of benzene rings is 1. The lowest BCUT2D eigenvalue weighted by atomic mass is 10.0. The molecule has 0 saturated carbocycles. The molecular formula is C21H29ClN2O5. The van der Waals surface area contributed by atoms with Gasteiger partial charge >= 0.3 is 0 Å². The molecular weight excluding hydrogens is 396 g/mol. The van der Waals surface area contributed by atoms with E-state index in [9.17, 15) is 4.79 Å². The molecule has 1 aliphatic rings. The minimum absolute atomic E-state index is 0. The zero-order chi connectivity index (χ0) is 19.8. The molecule has 3 rings (SSSR count). The van der Waals surface area contributed by atoms with Gasteiger partial charge in [-0.1, -0.05) is 12.1 Å². The number of halogens is 1. The zero-order valence-electron chi connectivity index (χ0n) is 16.7. The number of rotatable bonds is 9. The highest BCUT2D eigenvalue weighted by Crippen LogP contribution is 2.16. The number of pyridine rings is 1. The van der Waals surface area contributed by atoms with Crippen LogP contribution < -0.4 is 33.0 Å². The Morgan fingerprint density at radius 1 is 1.17 bits per heavy atom. The summed E-state index contributed by atoms with van der Waals surface area (Å²) in [4.78, 5) is 15.5. The maximum absolute atomic E-state index is 12.3. The van der Waals surface area contributed by atoms with E-state index >= 15 is 0 Å². The van der Waals surface area contributed by atoms with Gasteiger partial charge in [-0.2, -0.15) is 0 Å². The van der Waals surface area contributed by atoms with Crippen molar-refractivity contribution in [3.05, 3.63) is 57.4 Å². The van der Waals surface area contributed by atoms with E-state index < -0.39 is 0 Å². The van der Waals surface area contributed by atoms with Crippen LogP contribution in [0.15, 0.2) is 35.1 Å². The number of H-pyrrole nitrogens is 1. The number of quaternary nitrogens is 1. The lowest BCUT2D eigenvalue weighted by Crippen LogP contribution is -3.00. The second-order valence-electron chi connectivity index (χ2n) is 6.83. The standard InChI is InChI=1S/C21H28N2O5.ClH/c1-15-19(7-4-16-2-5-17(6-3-16)26-9-8-22)23-21(12-20(15)24)28-14-18-13-25-10-11-27-18;/h2-3,5-6,12,18H,4,7-11,13-14,22H2,1H3,(H,23,24);1H. The fraction of sp³-hybridized carbons (Fsp3) is 0.476. The number of ether oxygens (including phenoxy) is 4. The molecule has 1 fully saturated rings. The summed E-state index contributed by atoms with van der Waals surface area (Å²) in [6, 6.07) is 9.52. The van der Waals surface area contributed by atoms with Gasteiger partial charge in [-0.15, -0.1) is 0 Å². The third-order valence-electron chi connectivity index (χ3n) is 4.67. The Balaban J connectivity index is 0.00000300. The summed E-state index contributed by atoms with van der Waals surface area (Å²) in [7, 11) is 0. The van der Waals surface area contributed by atoms with Gasteiger partial charge in [0.2, 0.25) is 0 Å². The van der Waals surface area contributed by atoms with E-state index in [0.29, 0.717) is 38.9 Å². The fourth-order valence-corrected chi connectivity index (χ4v) is 3.01. The van der Waals surface area contributed by atoms with Crippen molar-refractivity contribution in [2.24, 2.45) is 0 Å². The van der Waals surface area contributed by atoms with Crippen molar-refractivity contribution < 1.29 is 37.1 Å². The molecule has 1 aromatic heterocycles. The predicted molar refractivity (Wildman–Crippen MR) is 105 cm³/mol. The molecule has 29 heavy (non-hydrogen) atoms. The van der Waals surface area contributed by atoms with Crippen molar-refractivity contribution in [2.75, 3.05) is 39.6 Å². The normalized spacial score (nSPS) is 16.1. The Labute approximate surface area is 176 Å². The largest absolute Gasteiger partial charge is 1.00 e. The van der Waals surface area contributed by atoms with Crippen molar-refractivity contribution >= 4 is 0 Å². The van der Waals surface area contributed by atoms with Gasteiger partial charge in [-0.05, 0) is 37.5 Å². The molecule has 1 aliphatic heterocycles. The van der Waals surface area contributed by atoms with Crippen LogP contribution in [0.1, 0.15) is 16.8 Å². The SMILES string of the molecule is Cc1c(CCc2ccc(OCC[NH3+])cc2)[nH]c(OCC2COCCO2)cc1=O.[Cl-]. The second kappa shape index (κ2) is 11.8. The first-order valence-electron chi connectivity index (χ1n) is 9.71. The van der Waals surface area contributed by atoms with Crippen LogP contribution in [-0.4, -0.2) is 50.7 Å². The minimum atomic E-state index is -0.105. The number of aromatic amines is 1. The van der Waals surface area contributed by atoms with Crippen molar-refractivity contribution in [1.82, 2.24) is 4.98 Å². The first-order chi connectivity index (χ1) is 13.7. The van der Waals surface area contributed by atoms with Crippen LogP contribution >= 0.6 is 0 Å². The monoisotopic (exact) mass is 424 g/mol. The second-order valence-corrected chi connectivity index (χ2v) is 6.83. The van der Waals surface area contributed by atoms with E-state index in [-0.39, 0.29) is 23.9 Å². The molecule has 8 heteroatoms. The molecule has 1 aromatic carbocycles. The number of aryl methyl sites for hydroxylation is 2. The highest BCUT2D eigenvalue weighted by atomic mass is 35.5. The first kappa shape index (κ1) is 23.2. The van der Waals surface area contributed by atoms with Crippen molar-refractivity contribution in [2.45, 2.75) is 25.9 Å². The third-order valence-corrected chi connectivity index (χ3v) is 4.67. The van der Waals surface area contributed by atoms with Gasteiger partial charge in [0.25, 0.3) is 0 Å². The van der Waals surface area contributed by atoms with Crippen LogP contribution in [0.3, 0.4) is 0 Å². The summed E-state index contributed by atoms with van der Waals surface area (Å²) in [5.41, 5.74) is 6.53. The van der Waals surface area contributed by atoms with Crippen LogP contribution in [0.4, 0.5) is 0 Å². The van der Waals surface area contributed by atoms with E-state index in [2.05, 4.69) is 10.7 Å². The highest BCUT2D eigenvalue weighted by molar-refractivity contribution is 5.29. The number of hydrogen-bond acceptors (Lipinski definition) is 5. The van der Waals surface area contributed by atoms with Gasteiger partial charge in [-0.25, -0.2) is 0 Å². The summed E-state index contributed by atoms with van der Waals surface area (Å²) in [6.07, 6.45) is 1.43. The number of nitrogens with one attached hydrogen (secondary N) is 1. The lowest BCUT2D eigenvalue weighted by Gasteiger charge is -2.23. The van der Waals surface area contributed by atoms with Gasteiger partial charge in [0.15, 0.2) is 11.3 Å². The molecule has 2 aromatic rings. The van der Waals surface area contributed by atoms with E-state index in [1.807, 2.05) is 31.2 Å². The molecule has 0 radical (unpaired) electrons. The molecule has 0 aliphatic carbocycles. The van der Waals surface area contributed by atoms with Gasteiger partial charge in [-0.3, -0.25) is 4.79 Å². The van der Waals surface area contributed by atoms with Gasteiger partial charge in [0.05, 0.1) is 19.8 Å². The van der Waals surface area contributed by atoms with Crippen LogP contribution in [0.2, 0.25) is 0 Å². The molecule has 2 heterocycles. The summed E-state index contributed by atoms with van der Waals surface area (Å²) in [5, 5.41) is 0. The number of hydrogen-bond donors (Lipinski definition) is 2. The Hall–Kier alpha value is -2.06. The summed E-state index contributed by atoms with van der Waals surface area (Å²) in [5.74, 6) is 1.32. The summed E-state index contributed by atoms with van der Waals surface area (Å²) in [6.45, 7) is 5.25. The summed E-state index contributed by atoms with van der Waals surface area (Å²) < 4.78 is 22.2. The van der Waals surface area contributed by atoms with Gasteiger partial charge in [0, 0.05) is 17.3 Å². The Bertz CT molecular complexity index is 804. The fourth-order valence-electron chi connectivity index (χ4n) is 3.01. The van der Waals surface area contributed by atoms with Crippen molar-refractivity contribution in [1.29, 1.82) is 0 Å². The van der Waals surface area contributed by atoms with Crippen molar-refractivity contribution in [3.8, 4) is 11.6 Å².